The van der Waals surface area contributed by atoms with Gasteiger partial charge in [0.15, 0.2) is 0 Å². The van der Waals surface area contributed by atoms with E-state index in [1.165, 1.54) is 0 Å². The molecule has 1 unspecified atom stereocenters. The van der Waals surface area contributed by atoms with Crippen LogP contribution in [0.5, 0.6) is 0 Å². The van der Waals surface area contributed by atoms with E-state index in [9.17, 15) is 9.59 Å². The lowest BCUT2D eigenvalue weighted by Crippen LogP contribution is -2.70. The molecule has 0 aromatic heterocycles. The number of nitrogens with one attached hydrogen (secondary N) is 1. The molecule has 2 fully saturated rings. The Kier molecular flexibility index (Phi) is 3.66. The van der Waals surface area contributed by atoms with Gasteiger partial charge in [-0.3, -0.25) is 14.5 Å². The van der Waals surface area contributed by atoms with Gasteiger partial charge in [-0.05, 0) is 31.9 Å². The number of amides is 2. The smallest absolute Gasteiger partial charge is 0.253 e. The number of nitrogens with zero attached hydrogens (tertiary/aromatic N) is 1. The van der Waals surface area contributed by atoms with Gasteiger partial charge in [0.05, 0.1) is 10.7 Å². The monoisotopic (exact) mass is 306 g/mol. The van der Waals surface area contributed by atoms with E-state index in [0.717, 1.165) is 19.3 Å². The van der Waals surface area contributed by atoms with E-state index < -0.39 is 11.6 Å². The molecule has 1 atom stereocenters. The van der Waals surface area contributed by atoms with Crippen molar-refractivity contribution in [1.29, 1.82) is 0 Å². The van der Waals surface area contributed by atoms with Gasteiger partial charge in [0, 0.05) is 0 Å². The maximum Gasteiger partial charge on any atom is 0.253 e. The van der Waals surface area contributed by atoms with Crippen LogP contribution in [0.15, 0.2) is 24.3 Å². The zero-order chi connectivity index (χ0) is 15.0. The minimum absolute atomic E-state index is 0.0256. The van der Waals surface area contributed by atoms with Crippen LogP contribution in [-0.2, 0) is 9.59 Å². The van der Waals surface area contributed by atoms with Crippen LogP contribution in [0, 0.1) is 0 Å². The Hall–Kier alpha value is -1.55. The van der Waals surface area contributed by atoms with E-state index in [2.05, 4.69) is 5.32 Å². The summed E-state index contributed by atoms with van der Waals surface area (Å²) in [5.74, 6) is -0.126. The first-order valence-electron chi connectivity index (χ1n) is 7.45. The molecule has 2 amide bonds. The van der Waals surface area contributed by atoms with Gasteiger partial charge >= 0.3 is 0 Å². The number of carbonyl (C=O) groups is 2. The van der Waals surface area contributed by atoms with Crippen LogP contribution in [0.1, 0.15) is 39.0 Å². The standard InChI is InChI=1S/C16H19ClN2O2/c1-11-14(20)18-16(9-5-2-6-10-16)15(21)19(11)13-8-4-3-7-12(13)17/h3-4,7-8,11H,2,5-6,9-10H2,1H3,(H,18,20). The van der Waals surface area contributed by atoms with Crippen LogP contribution < -0.4 is 10.2 Å². The molecule has 1 aromatic rings. The summed E-state index contributed by atoms with van der Waals surface area (Å²) in [4.78, 5) is 27.0. The van der Waals surface area contributed by atoms with Crippen molar-refractivity contribution in [2.24, 2.45) is 0 Å². The Labute approximate surface area is 129 Å². The summed E-state index contributed by atoms with van der Waals surface area (Å²) in [7, 11) is 0. The van der Waals surface area contributed by atoms with Crippen LogP contribution in [0.25, 0.3) is 0 Å². The number of hydrogen-bond donors (Lipinski definition) is 1. The van der Waals surface area contributed by atoms with Gasteiger partial charge in [-0.2, -0.15) is 0 Å². The molecule has 21 heavy (non-hydrogen) atoms. The molecule has 1 saturated heterocycles. The molecule has 0 radical (unpaired) electrons. The average Bonchev–Trinajstić information content (AvgIpc) is 2.48. The van der Waals surface area contributed by atoms with Crippen molar-refractivity contribution in [1.82, 2.24) is 5.32 Å². The fraction of sp³-hybridized carbons (Fsp3) is 0.500. The number of benzene rings is 1. The number of para-hydroxylation sites is 1. The Morgan fingerprint density at radius 1 is 1.19 bits per heavy atom. The molecule has 112 valence electrons. The molecular weight excluding hydrogens is 288 g/mol. The van der Waals surface area contributed by atoms with Crippen molar-refractivity contribution in [2.45, 2.75) is 50.6 Å². The fourth-order valence-electron chi connectivity index (χ4n) is 3.38. The summed E-state index contributed by atoms with van der Waals surface area (Å²) >= 11 is 6.24. The molecule has 1 aliphatic carbocycles. The molecule has 4 nitrogen and oxygen atoms in total. The minimum atomic E-state index is -0.735. The fourth-order valence-corrected chi connectivity index (χ4v) is 3.60. The number of halogens is 1. The van der Waals surface area contributed by atoms with E-state index in [0.29, 0.717) is 23.6 Å². The SMILES string of the molecule is CC1C(=O)NC2(CCCCC2)C(=O)N1c1ccccc1Cl. The van der Waals surface area contributed by atoms with E-state index in [1.54, 1.807) is 24.0 Å². The largest absolute Gasteiger partial charge is 0.340 e. The number of rotatable bonds is 1. The summed E-state index contributed by atoms with van der Waals surface area (Å²) in [6.45, 7) is 1.74. The average molecular weight is 307 g/mol. The Bertz CT molecular complexity index is 581. The molecule has 1 N–H and O–H groups in total. The normalized spacial score (nSPS) is 25.0. The topological polar surface area (TPSA) is 49.4 Å². The van der Waals surface area contributed by atoms with Crippen molar-refractivity contribution in [3.63, 3.8) is 0 Å². The minimum Gasteiger partial charge on any atom is -0.340 e. The van der Waals surface area contributed by atoms with Gasteiger partial charge in [0.1, 0.15) is 11.6 Å². The van der Waals surface area contributed by atoms with Crippen molar-refractivity contribution >= 4 is 29.1 Å². The number of carbonyl (C=O) groups excluding carboxylic acids is 2. The van der Waals surface area contributed by atoms with E-state index >= 15 is 0 Å². The molecule has 5 heteroatoms. The molecule has 1 spiro atoms. The van der Waals surface area contributed by atoms with Gasteiger partial charge in [0.2, 0.25) is 5.91 Å². The molecule has 1 aliphatic heterocycles. The second-order valence-corrected chi connectivity index (χ2v) is 6.34. The van der Waals surface area contributed by atoms with Gasteiger partial charge in [0.25, 0.3) is 5.91 Å². The van der Waals surface area contributed by atoms with Crippen LogP contribution in [0.2, 0.25) is 5.02 Å². The lowest BCUT2D eigenvalue weighted by Gasteiger charge is -2.46. The van der Waals surface area contributed by atoms with E-state index in [-0.39, 0.29) is 11.8 Å². The molecule has 1 aromatic carbocycles. The van der Waals surface area contributed by atoms with Gasteiger partial charge in [-0.25, -0.2) is 0 Å². The summed E-state index contributed by atoms with van der Waals surface area (Å²) in [6.07, 6.45) is 4.48. The number of anilines is 1. The molecule has 1 heterocycles. The molecule has 2 aliphatic rings. The third-order valence-corrected chi connectivity index (χ3v) is 4.90. The lowest BCUT2D eigenvalue weighted by atomic mass is 9.78. The summed E-state index contributed by atoms with van der Waals surface area (Å²) in [5, 5.41) is 3.48. The van der Waals surface area contributed by atoms with Gasteiger partial charge < -0.3 is 5.32 Å². The highest BCUT2D eigenvalue weighted by molar-refractivity contribution is 6.34. The third kappa shape index (κ3) is 2.31. The van der Waals surface area contributed by atoms with Crippen molar-refractivity contribution in [3.05, 3.63) is 29.3 Å². The lowest BCUT2D eigenvalue weighted by molar-refractivity contribution is -0.139. The zero-order valence-corrected chi connectivity index (χ0v) is 12.8. The highest BCUT2D eigenvalue weighted by Gasteiger charge is 2.50. The first kappa shape index (κ1) is 14.4. The Morgan fingerprint density at radius 3 is 2.52 bits per heavy atom. The highest BCUT2D eigenvalue weighted by atomic mass is 35.5. The third-order valence-electron chi connectivity index (χ3n) is 4.58. The van der Waals surface area contributed by atoms with Crippen molar-refractivity contribution in [3.8, 4) is 0 Å². The van der Waals surface area contributed by atoms with Crippen LogP contribution in [0.4, 0.5) is 5.69 Å². The van der Waals surface area contributed by atoms with E-state index in [4.69, 9.17) is 11.6 Å². The van der Waals surface area contributed by atoms with Crippen LogP contribution in [-0.4, -0.2) is 23.4 Å². The quantitative estimate of drug-likeness (QED) is 0.867. The summed E-state index contributed by atoms with van der Waals surface area (Å²) in [5.41, 5.74) is -0.113. The second-order valence-electron chi connectivity index (χ2n) is 5.93. The maximum absolute atomic E-state index is 13.1. The van der Waals surface area contributed by atoms with Crippen LogP contribution in [0.3, 0.4) is 0 Å². The summed E-state index contributed by atoms with van der Waals surface area (Å²) < 4.78 is 0. The maximum atomic E-state index is 13.1. The molecule has 1 saturated carbocycles. The van der Waals surface area contributed by atoms with Crippen molar-refractivity contribution < 1.29 is 9.59 Å². The van der Waals surface area contributed by atoms with Gasteiger partial charge in [-0.15, -0.1) is 0 Å². The molecule has 3 rings (SSSR count). The van der Waals surface area contributed by atoms with E-state index in [1.807, 2.05) is 12.1 Å². The molecular formula is C16H19ClN2O2. The van der Waals surface area contributed by atoms with Crippen molar-refractivity contribution in [2.75, 3.05) is 4.90 Å². The Morgan fingerprint density at radius 2 is 1.86 bits per heavy atom. The van der Waals surface area contributed by atoms with Gasteiger partial charge in [-0.1, -0.05) is 43.0 Å². The Balaban J connectivity index is 2.03. The van der Waals surface area contributed by atoms with Crippen LogP contribution >= 0.6 is 11.6 Å². The predicted molar refractivity (Wildman–Crippen MR) is 82.4 cm³/mol. The first-order chi connectivity index (χ1) is 10.1. The number of hydrogen-bond acceptors (Lipinski definition) is 2. The first-order valence-corrected chi connectivity index (χ1v) is 7.83. The second kappa shape index (κ2) is 5.34. The highest BCUT2D eigenvalue weighted by Crippen LogP contribution is 2.37. The number of piperazine rings is 1. The predicted octanol–water partition coefficient (Wildman–Crippen LogP) is 2.89. The summed E-state index contributed by atoms with van der Waals surface area (Å²) in [6, 6.07) is 6.66. The molecule has 0 bridgehead atoms. The zero-order valence-electron chi connectivity index (χ0n) is 12.1.